The first-order valence-corrected chi connectivity index (χ1v) is 8.68. The number of halogens is 2. The number of hydrogen-bond acceptors (Lipinski definition) is 2. The van der Waals surface area contributed by atoms with Gasteiger partial charge in [-0.05, 0) is 24.6 Å². The molecule has 0 aliphatic carbocycles. The zero-order valence-corrected chi connectivity index (χ0v) is 15.7. The molecule has 0 heterocycles. The van der Waals surface area contributed by atoms with E-state index >= 15 is 0 Å². The molecule has 2 amide bonds. The van der Waals surface area contributed by atoms with Crippen LogP contribution in [0.5, 0.6) is 0 Å². The third-order valence-electron chi connectivity index (χ3n) is 3.71. The zero-order chi connectivity index (χ0) is 18.4. The van der Waals surface area contributed by atoms with Crippen molar-refractivity contribution in [1.82, 2.24) is 5.32 Å². The molecule has 0 atom stereocenters. The van der Waals surface area contributed by atoms with E-state index in [1.807, 2.05) is 31.2 Å². The smallest absolute Gasteiger partial charge is 0.224 e. The number of aryl methyl sites for hydroxylation is 1. The van der Waals surface area contributed by atoms with Gasteiger partial charge in [0.05, 0.1) is 22.2 Å². The van der Waals surface area contributed by atoms with Crippen molar-refractivity contribution < 1.29 is 9.59 Å². The highest BCUT2D eigenvalue weighted by molar-refractivity contribution is 6.44. The van der Waals surface area contributed by atoms with Gasteiger partial charge < -0.3 is 10.2 Å². The van der Waals surface area contributed by atoms with Gasteiger partial charge in [-0.3, -0.25) is 9.59 Å². The minimum absolute atomic E-state index is 0.0914. The van der Waals surface area contributed by atoms with Crippen molar-refractivity contribution in [2.75, 3.05) is 18.0 Å². The maximum absolute atomic E-state index is 12.1. The van der Waals surface area contributed by atoms with E-state index in [9.17, 15) is 9.59 Å². The molecule has 6 heteroatoms. The number of carbonyl (C=O) groups is 2. The van der Waals surface area contributed by atoms with Crippen molar-refractivity contribution in [1.29, 1.82) is 0 Å². The van der Waals surface area contributed by atoms with Gasteiger partial charge in [0, 0.05) is 20.0 Å². The first kappa shape index (κ1) is 19.3. The molecule has 0 fully saturated rings. The van der Waals surface area contributed by atoms with Gasteiger partial charge in [0.25, 0.3) is 0 Å². The molecule has 0 aliphatic rings. The van der Waals surface area contributed by atoms with Crippen LogP contribution in [0, 0.1) is 6.92 Å². The van der Waals surface area contributed by atoms with Gasteiger partial charge in [-0.1, -0.05) is 59.1 Å². The Hall–Kier alpha value is -2.04. The summed E-state index contributed by atoms with van der Waals surface area (Å²) in [6.07, 6.45) is 0.305. The number of anilines is 1. The fourth-order valence-corrected chi connectivity index (χ4v) is 2.92. The largest absolute Gasteiger partial charge is 0.354 e. The maximum Gasteiger partial charge on any atom is 0.224 e. The van der Waals surface area contributed by atoms with Gasteiger partial charge in [0.15, 0.2) is 0 Å². The Labute approximate surface area is 157 Å². The summed E-state index contributed by atoms with van der Waals surface area (Å²) in [5.41, 5.74) is 2.61. The number of rotatable bonds is 6. The first-order valence-electron chi connectivity index (χ1n) is 7.93. The predicted octanol–water partition coefficient (Wildman–Crippen LogP) is 4.01. The third kappa shape index (κ3) is 5.48. The fourth-order valence-electron chi connectivity index (χ4n) is 2.53. The van der Waals surface area contributed by atoms with E-state index in [4.69, 9.17) is 23.2 Å². The van der Waals surface area contributed by atoms with E-state index in [0.29, 0.717) is 35.2 Å². The SMILES string of the molecule is CC(=O)N(CCNC(=O)Cc1cccc(C)c1)c1cccc(Cl)c1Cl. The van der Waals surface area contributed by atoms with Crippen molar-refractivity contribution in [2.24, 2.45) is 0 Å². The van der Waals surface area contributed by atoms with Gasteiger partial charge >= 0.3 is 0 Å². The van der Waals surface area contributed by atoms with Crippen LogP contribution < -0.4 is 10.2 Å². The molecule has 2 aromatic carbocycles. The number of amides is 2. The topological polar surface area (TPSA) is 49.4 Å². The number of carbonyl (C=O) groups excluding carboxylic acids is 2. The van der Waals surface area contributed by atoms with Crippen molar-refractivity contribution in [3.05, 3.63) is 63.6 Å². The quantitative estimate of drug-likeness (QED) is 0.825. The van der Waals surface area contributed by atoms with Gasteiger partial charge in [0.1, 0.15) is 0 Å². The summed E-state index contributed by atoms with van der Waals surface area (Å²) in [6, 6.07) is 12.9. The monoisotopic (exact) mass is 378 g/mol. The summed E-state index contributed by atoms with van der Waals surface area (Å²) in [4.78, 5) is 25.5. The molecular weight excluding hydrogens is 359 g/mol. The average Bonchev–Trinajstić information content (AvgIpc) is 2.54. The summed E-state index contributed by atoms with van der Waals surface area (Å²) < 4.78 is 0. The highest BCUT2D eigenvalue weighted by Gasteiger charge is 2.16. The second-order valence-electron chi connectivity index (χ2n) is 5.76. The van der Waals surface area contributed by atoms with Crippen LogP contribution in [0.15, 0.2) is 42.5 Å². The molecule has 25 heavy (non-hydrogen) atoms. The van der Waals surface area contributed by atoms with E-state index in [2.05, 4.69) is 5.32 Å². The van der Waals surface area contributed by atoms with Crippen LogP contribution in [0.25, 0.3) is 0 Å². The summed E-state index contributed by atoms with van der Waals surface area (Å²) in [5, 5.41) is 3.54. The van der Waals surface area contributed by atoms with Crippen LogP contribution in [0.3, 0.4) is 0 Å². The highest BCUT2D eigenvalue weighted by atomic mass is 35.5. The van der Waals surface area contributed by atoms with Crippen LogP contribution in [-0.2, 0) is 16.0 Å². The molecule has 0 unspecified atom stereocenters. The summed E-state index contributed by atoms with van der Waals surface area (Å²) in [6.45, 7) is 4.08. The molecular formula is C19H20Cl2N2O2. The lowest BCUT2D eigenvalue weighted by molar-refractivity contribution is -0.121. The Morgan fingerprint density at radius 1 is 1.12 bits per heavy atom. The van der Waals surface area contributed by atoms with Crippen molar-refractivity contribution in [2.45, 2.75) is 20.3 Å². The van der Waals surface area contributed by atoms with Gasteiger partial charge in [-0.15, -0.1) is 0 Å². The van der Waals surface area contributed by atoms with Gasteiger partial charge in [0.2, 0.25) is 11.8 Å². The second-order valence-corrected chi connectivity index (χ2v) is 6.54. The molecule has 2 aromatic rings. The lowest BCUT2D eigenvalue weighted by Crippen LogP contribution is -2.38. The van der Waals surface area contributed by atoms with Crippen molar-refractivity contribution in [3.63, 3.8) is 0 Å². The lowest BCUT2D eigenvalue weighted by Gasteiger charge is -2.23. The van der Waals surface area contributed by atoms with E-state index in [1.165, 1.54) is 11.8 Å². The highest BCUT2D eigenvalue weighted by Crippen LogP contribution is 2.32. The molecule has 0 saturated heterocycles. The number of nitrogens with zero attached hydrogens (tertiary/aromatic N) is 1. The van der Waals surface area contributed by atoms with Gasteiger partial charge in [-0.2, -0.15) is 0 Å². The third-order valence-corrected chi connectivity index (χ3v) is 4.52. The minimum Gasteiger partial charge on any atom is -0.354 e. The summed E-state index contributed by atoms with van der Waals surface area (Å²) in [5.74, 6) is -0.261. The maximum atomic E-state index is 12.1. The molecule has 0 saturated carbocycles. The Kier molecular flexibility index (Phi) is 6.85. The van der Waals surface area contributed by atoms with Crippen LogP contribution in [-0.4, -0.2) is 24.9 Å². The molecule has 1 N–H and O–H groups in total. The fraction of sp³-hybridized carbons (Fsp3) is 0.263. The Morgan fingerprint density at radius 3 is 2.52 bits per heavy atom. The average molecular weight is 379 g/mol. The standard InChI is InChI=1S/C19H20Cl2N2O2/c1-13-5-3-6-15(11-13)12-18(25)22-9-10-23(14(2)24)17-8-4-7-16(20)19(17)21/h3-8,11H,9-10,12H2,1-2H3,(H,22,25). The first-order chi connectivity index (χ1) is 11.9. The van der Waals surface area contributed by atoms with Crippen LogP contribution in [0.2, 0.25) is 10.0 Å². The number of benzene rings is 2. The van der Waals surface area contributed by atoms with E-state index < -0.39 is 0 Å². The van der Waals surface area contributed by atoms with E-state index in [0.717, 1.165) is 11.1 Å². The van der Waals surface area contributed by atoms with Crippen molar-refractivity contribution in [3.8, 4) is 0 Å². The molecule has 0 aliphatic heterocycles. The minimum atomic E-state index is -0.169. The summed E-state index contributed by atoms with van der Waals surface area (Å²) >= 11 is 12.2. The van der Waals surface area contributed by atoms with E-state index in [-0.39, 0.29) is 11.8 Å². The zero-order valence-electron chi connectivity index (χ0n) is 14.2. The number of hydrogen-bond donors (Lipinski definition) is 1. The number of nitrogens with one attached hydrogen (secondary N) is 1. The molecule has 0 bridgehead atoms. The van der Waals surface area contributed by atoms with Gasteiger partial charge in [-0.25, -0.2) is 0 Å². The van der Waals surface area contributed by atoms with Crippen LogP contribution in [0.4, 0.5) is 5.69 Å². The Morgan fingerprint density at radius 2 is 1.84 bits per heavy atom. The lowest BCUT2D eigenvalue weighted by atomic mass is 10.1. The molecule has 0 radical (unpaired) electrons. The van der Waals surface area contributed by atoms with Crippen LogP contribution >= 0.6 is 23.2 Å². The molecule has 132 valence electrons. The predicted molar refractivity (Wildman–Crippen MR) is 102 cm³/mol. The Bertz CT molecular complexity index is 778. The van der Waals surface area contributed by atoms with Crippen LogP contribution in [0.1, 0.15) is 18.1 Å². The van der Waals surface area contributed by atoms with E-state index in [1.54, 1.807) is 18.2 Å². The molecule has 0 aromatic heterocycles. The molecule has 4 nitrogen and oxygen atoms in total. The summed E-state index contributed by atoms with van der Waals surface area (Å²) in [7, 11) is 0. The Balaban J connectivity index is 1.94. The van der Waals surface area contributed by atoms with Crippen molar-refractivity contribution >= 4 is 40.7 Å². The molecule has 0 spiro atoms. The normalized spacial score (nSPS) is 10.4. The second kappa shape index (κ2) is 8.88. The molecule has 2 rings (SSSR count).